The van der Waals surface area contributed by atoms with Crippen LogP contribution in [0.5, 0.6) is 0 Å². The summed E-state index contributed by atoms with van der Waals surface area (Å²) in [4.78, 5) is 15.9. The first kappa shape index (κ1) is 17.4. The highest BCUT2D eigenvalue weighted by molar-refractivity contribution is 8.77. The van der Waals surface area contributed by atoms with Crippen LogP contribution in [0.3, 0.4) is 0 Å². The first-order chi connectivity index (χ1) is 11.8. The number of hydrogen-bond acceptors (Lipinski definition) is 5. The maximum Gasteiger partial charge on any atom is 0.224 e. The molecule has 2 heterocycles. The number of amides is 1. The lowest BCUT2D eigenvalue weighted by Gasteiger charge is -2.08. The summed E-state index contributed by atoms with van der Waals surface area (Å²) in [6.07, 6.45) is 8.49. The summed E-state index contributed by atoms with van der Waals surface area (Å²) < 4.78 is 1.77. The molecule has 1 N–H and O–H groups in total. The van der Waals surface area contributed by atoms with Gasteiger partial charge in [-0.15, -0.1) is 0 Å². The third-order valence-electron chi connectivity index (χ3n) is 3.96. The van der Waals surface area contributed by atoms with E-state index in [1.54, 1.807) is 11.0 Å². The van der Waals surface area contributed by atoms with Crippen molar-refractivity contribution in [2.24, 2.45) is 0 Å². The Kier molecular flexibility index (Phi) is 6.60. The number of anilines is 1. The molecule has 2 aromatic rings. The number of unbranched alkanes of at least 4 members (excludes halogenated alkanes) is 1. The highest BCUT2D eigenvalue weighted by Gasteiger charge is 2.15. The fourth-order valence-electron chi connectivity index (χ4n) is 2.64. The number of carbonyl (C=O) groups excluding carboxylic acids is 1. The minimum atomic E-state index is 0.104. The molecule has 0 unspecified atom stereocenters. The van der Waals surface area contributed by atoms with Crippen molar-refractivity contribution in [2.45, 2.75) is 43.9 Å². The molecule has 5 nitrogen and oxygen atoms in total. The van der Waals surface area contributed by atoms with Gasteiger partial charge in [-0.25, -0.2) is 9.67 Å². The van der Waals surface area contributed by atoms with Crippen LogP contribution in [0.1, 0.15) is 37.7 Å². The molecular formula is C17H22N4OS2. The molecule has 0 saturated carbocycles. The fourth-order valence-corrected chi connectivity index (χ4v) is 5.67. The molecule has 0 aliphatic carbocycles. The van der Waals surface area contributed by atoms with E-state index in [0.29, 0.717) is 13.0 Å². The number of aromatic nitrogens is 3. The van der Waals surface area contributed by atoms with E-state index < -0.39 is 0 Å². The van der Waals surface area contributed by atoms with Crippen molar-refractivity contribution >= 4 is 33.2 Å². The Morgan fingerprint density at radius 1 is 1.29 bits per heavy atom. The molecular weight excluding hydrogens is 340 g/mol. The maximum absolute atomic E-state index is 12.0. The molecule has 1 aromatic carbocycles. The highest BCUT2D eigenvalue weighted by atomic mass is 33.1. The van der Waals surface area contributed by atoms with Gasteiger partial charge in [-0.05, 0) is 37.0 Å². The largest absolute Gasteiger partial charge is 0.326 e. The molecule has 0 radical (unpaired) electrons. The average Bonchev–Trinajstić information content (AvgIpc) is 3.27. The number of benzene rings is 1. The summed E-state index contributed by atoms with van der Waals surface area (Å²) >= 11 is 0. The predicted molar refractivity (Wildman–Crippen MR) is 101 cm³/mol. The molecule has 1 aromatic heterocycles. The lowest BCUT2D eigenvalue weighted by atomic mass is 10.1. The Morgan fingerprint density at radius 3 is 2.88 bits per heavy atom. The fraction of sp³-hybridized carbons (Fsp3) is 0.471. The molecule has 1 aliphatic heterocycles. The summed E-state index contributed by atoms with van der Waals surface area (Å²) in [5.41, 5.74) is 1.98. The monoisotopic (exact) mass is 362 g/mol. The molecule has 1 atom stereocenters. The van der Waals surface area contributed by atoms with Gasteiger partial charge in [0.25, 0.3) is 0 Å². The Labute approximate surface area is 150 Å². The first-order valence-electron chi connectivity index (χ1n) is 8.29. The topological polar surface area (TPSA) is 59.8 Å². The van der Waals surface area contributed by atoms with Crippen LogP contribution in [0.15, 0.2) is 36.9 Å². The molecule has 1 fully saturated rings. The standard InChI is InChI=1S/C17H22N4OS2/c22-17(4-2-1-3-16-9-10-23-24-16)20-15-7-5-14(6-8-15)11-21-13-18-12-19-21/h5-8,12-13,16H,1-4,9-11H2,(H,20,22)/t16-/m0/s1. The summed E-state index contributed by atoms with van der Waals surface area (Å²) in [6.45, 7) is 0.686. The van der Waals surface area contributed by atoms with Crippen LogP contribution in [-0.4, -0.2) is 31.7 Å². The maximum atomic E-state index is 12.0. The van der Waals surface area contributed by atoms with Crippen LogP contribution in [0.25, 0.3) is 0 Å². The van der Waals surface area contributed by atoms with Gasteiger partial charge >= 0.3 is 0 Å². The minimum absolute atomic E-state index is 0.104. The summed E-state index contributed by atoms with van der Waals surface area (Å²) in [5, 5.41) is 7.86. The van der Waals surface area contributed by atoms with Crippen molar-refractivity contribution in [2.75, 3.05) is 11.1 Å². The quantitative estimate of drug-likeness (QED) is 0.568. The van der Waals surface area contributed by atoms with Crippen molar-refractivity contribution in [3.63, 3.8) is 0 Å². The van der Waals surface area contributed by atoms with E-state index in [1.165, 1.54) is 24.9 Å². The van der Waals surface area contributed by atoms with Crippen molar-refractivity contribution in [1.82, 2.24) is 14.8 Å². The van der Waals surface area contributed by atoms with Gasteiger partial charge in [0, 0.05) is 23.1 Å². The van der Waals surface area contributed by atoms with E-state index >= 15 is 0 Å². The Balaban J connectivity index is 1.36. The van der Waals surface area contributed by atoms with Gasteiger partial charge in [0.05, 0.1) is 6.54 Å². The number of rotatable bonds is 8. The number of hydrogen-bond donors (Lipinski definition) is 1. The Hall–Kier alpha value is -1.47. The Morgan fingerprint density at radius 2 is 2.17 bits per heavy atom. The minimum Gasteiger partial charge on any atom is -0.326 e. The molecule has 0 spiro atoms. The van der Waals surface area contributed by atoms with Crippen molar-refractivity contribution in [1.29, 1.82) is 0 Å². The van der Waals surface area contributed by atoms with Crippen LogP contribution < -0.4 is 5.32 Å². The highest BCUT2D eigenvalue weighted by Crippen LogP contribution is 2.39. The van der Waals surface area contributed by atoms with Crippen molar-refractivity contribution in [3.8, 4) is 0 Å². The van der Waals surface area contributed by atoms with Gasteiger partial charge < -0.3 is 5.32 Å². The molecule has 24 heavy (non-hydrogen) atoms. The third-order valence-corrected chi connectivity index (χ3v) is 6.96. The normalized spacial score (nSPS) is 17.1. The van der Waals surface area contributed by atoms with Crippen molar-refractivity contribution < 1.29 is 4.79 Å². The van der Waals surface area contributed by atoms with E-state index in [0.717, 1.165) is 29.3 Å². The van der Waals surface area contributed by atoms with Gasteiger partial charge in [0.2, 0.25) is 5.91 Å². The zero-order valence-corrected chi connectivity index (χ0v) is 15.2. The van der Waals surface area contributed by atoms with Gasteiger partial charge in [0.15, 0.2) is 0 Å². The van der Waals surface area contributed by atoms with Gasteiger partial charge in [-0.1, -0.05) is 40.1 Å². The number of nitrogens with one attached hydrogen (secondary N) is 1. The van der Waals surface area contributed by atoms with Crippen LogP contribution in [0, 0.1) is 0 Å². The van der Waals surface area contributed by atoms with Gasteiger partial charge in [-0.2, -0.15) is 5.10 Å². The number of nitrogens with zero attached hydrogens (tertiary/aromatic N) is 3. The van der Waals surface area contributed by atoms with Crippen molar-refractivity contribution in [3.05, 3.63) is 42.5 Å². The lowest BCUT2D eigenvalue weighted by Crippen LogP contribution is -2.11. The van der Waals surface area contributed by atoms with E-state index in [9.17, 15) is 4.79 Å². The molecule has 128 valence electrons. The molecule has 1 amide bonds. The van der Waals surface area contributed by atoms with Crippen LogP contribution >= 0.6 is 21.6 Å². The second-order valence-electron chi connectivity index (χ2n) is 5.91. The zero-order valence-electron chi connectivity index (χ0n) is 13.6. The van der Waals surface area contributed by atoms with Crippen LogP contribution in [-0.2, 0) is 11.3 Å². The van der Waals surface area contributed by atoms with Gasteiger partial charge in [0.1, 0.15) is 12.7 Å². The van der Waals surface area contributed by atoms with E-state index in [1.807, 2.05) is 45.9 Å². The van der Waals surface area contributed by atoms with E-state index in [2.05, 4.69) is 15.4 Å². The number of carbonyl (C=O) groups is 1. The Bertz CT molecular complexity index is 625. The zero-order chi connectivity index (χ0) is 16.6. The van der Waals surface area contributed by atoms with E-state index in [-0.39, 0.29) is 5.91 Å². The summed E-state index contributed by atoms with van der Waals surface area (Å²) in [7, 11) is 3.99. The second kappa shape index (κ2) is 9.13. The molecule has 1 aliphatic rings. The molecule has 3 rings (SSSR count). The second-order valence-corrected chi connectivity index (χ2v) is 8.70. The average molecular weight is 363 g/mol. The summed E-state index contributed by atoms with van der Waals surface area (Å²) in [5.74, 6) is 1.38. The van der Waals surface area contributed by atoms with Crippen LogP contribution in [0.4, 0.5) is 5.69 Å². The first-order valence-corrected chi connectivity index (χ1v) is 10.7. The van der Waals surface area contributed by atoms with E-state index in [4.69, 9.17) is 0 Å². The van der Waals surface area contributed by atoms with Crippen LogP contribution in [0.2, 0.25) is 0 Å². The molecule has 7 heteroatoms. The summed E-state index contributed by atoms with van der Waals surface area (Å²) in [6, 6.07) is 7.89. The smallest absolute Gasteiger partial charge is 0.224 e. The SMILES string of the molecule is O=C(CCCC[C@H]1CCSS1)Nc1ccc(Cn2cncn2)cc1. The predicted octanol–water partition coefficient (Wildman–Crippen LogP) is 3.98. The lowest BCUT2D eigenvalue weighted by molar-refractivity contribution is -0.116. The third kappa shape index (κ3) is 5.56. The van der Waals surface area contributed by atoms with Gasteiger partial charge in [-0.3, -0.25) is 4.79 Å². The molecule has 0 bridgehead atoms. The molecule has 1 saturated heterocycles.